The summed E-state index contributed by atoms with van der Waals surface area (Å²) in [6.07, 6.45) is 1.15. The molecule has 264 valence electrons. The van der Waals surface area contributed by atoms with Crippen molar-refractivity contribution in [2.24, 2.45) is 0 Å². The number of thioether (sulfide) groups is 2. The Balaban J connectivity index is 0.000000710. The first kappa shape index (κ1) is 43.0. The third-order valence-corrected chi connectivity index (χ3v) is 10.5. The molecule has 0 aliphatic heterocycles. The summed E-state index contributed by atoms with van der Waals surface area (Å²) in [4.78, 5) is 1.89. The molecule has 0 aliphatic rings. The van der Waals surface area contributed by atoms with Gasteiger partial charge in [0.25, 0.3) is 0 Å². The van der Waals surface area contributed by atoms with E-state index in [0.29, 0.717) is 17.4 Å². The highest BCUT2D eigenvalue weighted by molar-refractivity contribution is 8.03. The van der Waals surface area contributed by atoms with Crippen LogP contribution in [0.3, 0.4) is 0 Å². The minimum Gasteiger partial charge on any atom is -0.506 e. The van der Waals surface area contributed by atoms with Crippen molar-refractivity contribution >= 4 is 23.5 Å². The Morgan fingerprint density at radius 3 is 1.21 bits per heavy atom. The summed E-state index contributed by atoms with van der Waals surface area (Å²) < 4.78 is 0. The molecular weight excluding hydrogens is 613 g/mol. The quantitative estimate of drug-likeness (QED) is 0.192. The van der Waals surface area contributed by atoms with Gasteiger partial charge in [0.15, 0.2) is 0 Å². The Kier molecular flexibility index (Phi) is 16.1. The lowest BCUT2D eigenvalue weighted by atomic mass is 9.80. The van der Waals surface area contributed by atoms with Gasteiger partial charge in [-0.05, 0) is 68.4 Å². The predicted molar refractivity (Wildman–Crippen MR) is 214 cm³/mol. The first-order valence-corrected chi connectivity index (χ1v) is 19.5. The Bertz CT molecular complexity index is 1320. The van der Waals surface area contributed by atoms with E-state index in [1.165, 1.54) is 22.3 Å². The van der Waals surface area contributed by atoms with E-state index in [2.05, 4.69) is 152 Å². The number of rotatable bonds is 7. The van der Waals surface area contributed by atoms with Crippen LogP contribution in [0, 0.1) is 0 Å². The van der Waals surface area contributed by atoms with Crippen LogP contribution in [0.5, 0.6) is 11.5 Å². The largest absolute Gasteiger partial charge is 0.506 e. The van der Waals surface area contributed by atoms with Crippen LogP contribution >= 0.6 is 23.5 Å². The standard InChI is InChI=1S/C30H46O2S2.C11H16.C2H6/c1-27(2,3)19-15-21(29(7,8)9)25(31)23(17-19)33-13-14-34-24-18-20(28(4,5)6)16-22(26(24)32)30(10,11)12;1-4-10-7-5-6-8-11(10)9(2)3;1-2/h15-18,31-32H,13-14H2,1-12H3;5-9H,4H2,1-3H3;1-2H3. The molecule has 0 fully saturated rings. The second-order valence-electron chi connectivity index (χ2n) is 16.6. The number of phenols is 2. The van der Waals surface area contributed by atoms with Gasteiger partial charge in [-0.25, -0.2) is 0 Å². The lowest BCUT2D eigenvalue weighted by Gasteiger charge is -2.27. The van der Waals surface area contributed by atoms with Gasteiger partial charge in [-0.3, -0.25) is 0 Å². The second-order valence-corrected chi connectivity index (χ2v) is 18.9. The molecule has 0 atom stereocenters. The number of aromatic hydroxyl groups is 2. The minimum absolute atomic E-state index is 0.0142. The van der Waals surface area contributed by atoms with Crippen molar-refractivity contribution in [3.8, 4) is 11.5 Å². The van der Waals surface area contributed by atoms with Gasteiger partial charge >= 0.3 is 0 Å². The van der Waals surface area contributed by atoms with Crippen molar-refractivity contribution < 1.29 is 10.2 Å². The van der Waals surface area contributed by atoms with Gasteiger partial charge in [-0.1, -0.05) is 154 Å². The SMILES string of the molecule is CC.CC(C)(C)c1cc(SCCSc2cc(C(C)(C)C)cc(C(C)(C)C)c2O)c(O)c(C(C)(C)C)c1.CCc1ccccc1C(C)C. The summed E-state index contributed by atoms with van der Waals surface area (Å²) in [6, 6.07) is 17.3. The number of benzene rings is 3. The van der Waals surface area contributed by atoms with Gasteiger partial charge in [0.2, 0.25) is 0 Å². The van der Waals surface area contributed by atoms with E-state index in [1.54, 1.807) is 23.5 Å². The van der Waals surface area contributed by atoms with E-state index in [1.807, 2.05) is 13.8 Å². The number of aryl methyl sites for hydroxylation is 1. The Hall–Kier alpha value is -2.04. The summed E-state index contributed by atoms with van der Waals surface area (Å²) >= 11 is 3.40. The molecule has 0 radical (unpaired) electrons. The summed E-state index contributed by atoms with van der Waals surface area (Å²) in [5, 5.41) is 22.1. The second kappa shape index (κ2) is 17.6. The summed E-state index contributed by atoms with van der Waals surface area (Å²) in [5.41, 5.74) is 7.25. The molecule has 2 N–H and O–H groups in total. The molecule has 0 aliphatic carbocycles. The molecule has 0 heterocycles. The lowest BCUT2D eigenvalue weighted by Crippen LogP contribution is -2.17. The normalized spacial score (nSPS) is 12.3. The summed E-state index contributed by atoms with van der Waals surface area (Å²) in [6.45, 7) is 36.9. The fourth-order valence-electron chi connectivity index (χ4n) is 5.17. The van der Waals surface area contributed by atoms with Crippen LogP contribution in [-0.2, 0) is 28.1 Å². The molecule has 47 heavy (non-hydrogen) atoms. The molecule has 3 aromatic carbocycles. The van der Waals surface area contributed by atoms with E-state index < -0.39 is 0 Å². The third kappa shape index (κ3) is 12.7. The number of hydrogen-bond donors (Lipinski definition) is 2. The first-order valence-electron chi connectivity index (χ1n) is 17.6. The van der Waals surface area contributed by atoms with E-state index in [9.17, 15) is 10.2 Å². The highest BCUT2D eigenvalue weighted by Crippen LogP contribution is 2.44. The molecule has 3 rings (SSSR count). The average Bonchev–Trinajstić information content (AvgIpc) is 2.95. The molecule has 3 aromatic rings. The maximum Gasteiger partial charge on any atom is 0.132 e. The van der Waals surface area contributed by atoms with E-state index in [4.69, 9.17) is 0 Å². The van der Waals surface area contributed by atoms with Crippen LogP contribution in [0.2, 0.25) is 0 Å². The van der Waals surface area contributed by atoms with Gasteiger partial charge in [0, 0.05) is 32.4 Å². The molecule has 0 saturated heterocycles. The van der Waals surface area contributed by atoms with Crippen molar-refractivity contribution in [1.29, 1.82) is 0 Å². The maximum absolute atomic E-state index is 11.1. The Morgan fingerprint density at radius 1 is 0.574 bits per heavy atom. The smallest absolute Gasteiger partial charge is 0.132 e. The summed E-state index contributed by atoms with van der Waals surface area (Å²) in [7, 11) is 0. The van der Waals surface area contributed by atoms with E-state index in [-0.39, 0.29) is 21.7 Å². The average molecular weight is 681 g/mol. The van der Waals surface area contributed by atoms with Crippen LogP contribution < -0.4 is 0 Å². The predicted octanol–water partition coefficient (Wildman–Crippen LogP) is 13.6. The molecule has 2 nitrogen and oxygen atoms in total. The van der Waals surface area contributed by atoms with Gasteiger partial charge in [-0.2, -0.15) is 0 Å². The molecule has 0 saturated carbocycles. The van der Waals surface area contributed by atoms with Gasteiger partial charge in [0.05, 0.1) is 0 Å². The highest BCUT2D eigenvalue weighted by atomic mass is 32.2. The molecule has 0 spiro atoms. The molecule has 0 unspecified atom stereocenters. The Labute approximate surface area is 299 Å². The lowest BCUT2D eigenvalue weighted by molar-refractivity contribution is 0.431. The summed E-state index contributed by atoms with van der Waals surface area (Å²) in [5.74, 6) is 3.16. The van der Waals surface area contributed by atoms with Crippen LogP contribution in [0.15, 0.2) is 58.3 Å². The van der Waals surface area contributed by atoms with Crippen molar-refractivity contribution in [3.63, 3.8) is 0 Å². The van der Waals surface area contributed by atoms with E-state index >= 15 is 0 Å². The van der Waals surface area contributed by atoms with Crippen LogP contribution in [0.25, 0.3) is 0 Å². The van der Waals surface area contributed by atoms with Crippen molar-refractivity contribution in [1.82, 2.24) is 0 Å². The highest BCUT2D eigenvalue weighted by Gasteiger charge is 2.27. The van der Waals surface area contributed by atoms with Gasteiger partial charge in [-0.15, -0.1) is 23.5 Å². The monoisotopic (exact) mass is 680 g/mol. The molecule has 4 heteroatoms. The van der Waals surface area contributed by atoms with Crippen LogP contribution in [-0.4, -0.2) is 21.7 Å². The number of phenolic OH excluding ortho intramolecular Hbond substituents is 2. The number of hydrogen-bond acceptors (Lipinski definition) is 4. The van der Waals surface area contributed by atoms with E-state index in [0.717, 1.165) is 38.8 Å². The van der Waals surface area contributed by atoms with Crippen molar-refractivity contribution in [2.45, 2.75) is 161 Å². The van der Waals surface area contributed by atoms with Gasteiger partial charge in [0.1, 0.15) is 11.5 Å². The fourth-order valence-corrected chi connectivity index (χ4v) is 7.19. The van der Waals surface area contributed by atoms with Crippen molar-refractivity contribution in [3.05, 3.63) is 81.9 Å². The fraction of sp³-hybridized carbons (Fsp3) is 0.581. The van der Waals surface area contributed by atoms with Crippen molar-refractivity contribution in [2.75, 3.05) is 11.5 Å². The molecule has 0 amide bonds. The zero-order valence-corrected chi connectivity index (χ0v) is 34.7. The zero-order valence-electron chi connectivity index (χ0n) is 33.0. The minimum atomic E-state index is -0.127. The topological polar surface area (TPSA) is 40.5 Å². The third-order valence-electron chi connectivity index (χ3n) is 8.15. The molecular formula is C43H68O2S2. The molecule has 0 bridgehead atoms. The maximum atomic E-state index is 11.1. The van der Waals surface area contributed by atoms with Crippen LogP contribution in [0.4, 0.5) is 0 Å². The first-order chi connectivity index (χ1) is 21.5. The zero-order chi connectivity index (χ0) is 36.5. The Morgan fingerprint density at radius 2 is 0.936 bits per heavy atom. The van der Waals surface area contributed by atoms with Crippen LogP contribution in [0.1, 0.15) is 157 Å². The molecule has 0 aromatic heterocycles. The van der Waals surface area contributed by atoms with Gasteiger partial charge < -0.3 is 10.2 Å².